The van der Waals surface area contributed by atoms with E-state index in [0.29, 0.717) is 36.6 Å². The Bertz CT molecular complexity index is 942. The summed E-state index contributed by atoms with van der Waals surface area (Å²) in [5.41, 5.74) is 1.49. The maximum Gasteiger partial charge on any atom is 0.255 e. The van der Waals surface area contributed by atoms with Crippen molar-refractivity contribution in [2.24, 2.45) is 5.92 Å². The SMILES string of the molecule is CO[C@H]1CC[C@@H](CN[C@@H]2CCC[C@H]2Oc2ccc3c(c2)CN(C2CCC(=O)NC2=O)C3=O)CC1. The van der Waals surface area contributed by atoms with Crippen LogP contribution in [-0.2, 0) is 20.9 Å². The Labute approximate surface area is 200 Å². The number of ether oxygens (including phenoxy) is 2. The average Bonchev–Trinajstić information content (AvgIpc) is 3.41. The fraction of sp³-hybridized carbons (Fsp3) is 0.654. The molecule has 184 valence electrons. The summed E-state index contributed by atoms with van der Waals surface area (Å²) in [6.45, 7) is 1.40. The number of nitrogens with one attached hydrogen (secondary N) is 2. The molecule has 2 aliphatic carbocycles. The van der Waals surface area contributed by atoms with Crippen LogP contribution < -0.4 is 15.4 Å². The van der Waals surface area contributed by atoms with Gasteiger partial charge in [-0.3, -0.25) is 19.7 Å². The molecule has 2 heterocycles. The summed E-state index contributed by atoms with van der Waals surface area (Å²) in [5, 5.41) is 6.12. The van der Waals surface area contributed by atoms with Crippen molar-refractivity contribution in [2.45, 2.75) is 88.6 Å². The molecule has 8 nitrogen and oxygen atoms in total. The summed E-state index contributed by atoms with van der Waals surface area (Å²) in [7, 11) is 1.81. The van der Waals surface area contributed by atoms with Gasteiger partial charge in [-0.1, -0.05) is 0 Å². The molecule has 4 aliphatic rings. The van der Waals surface area contributed by atoms with Gasteiger partial charge in [0, 0.05) is 31.7 Å². The van der Waals surface area contributed by atoms with Gasteiger partial charge in [0.15, 0.2) is 0 Å². The minimum Gasteiger partial charge on any atom is -0.489 e. The number of hydrogen-bond acceptors (Lipinski definition) is 6. The van der Waals surface area contributed by atoms with E-state index in [0.717, 1.165) is 50.0 Å². The predicted octanol–water partition coefficient (Wildman–Crippen LogP) is 2.54. The van der Waals surface area contributed by atoms with E-state index in [4.69, 9.17) is 9.47 Å². The molecule has 0 spiro atoms. The molecule has 0 aromatic heterocycles. The van der Waals surface area contributed by atoms with Gasteiger partial charge in [0.05, 0.1) is 6.10 Å². The molecule has 1 aromatic rings. The van der Waals surface area contributed by atoms with E-state index in [1.165, 1.54) is 12.8 Å². The highest BCUT2D eigenvalue weighted by Crippen LogP contribution is 2.32. The van der Waals surface area contributed by atoms with Crippen molar-refractivity contribution in [1.82, 2.24) is 15.5 Å². The molecule has 1 aromatic carbocycles. The van der Waals surface area contributed by atoms with Crippen LogP contribution in [0.25, 0.3) is 0 Å². The number of methoxy groups -OCH3 is 1. The summed E-state index contributed by atoms with van der Waals surface area (Å²) in [5.74, 6) is 0.667. The first-order valence-corrected chi connectivity index (χ1v) is 12.7. The maximum absolute atomic E-state index is 12.9. The number of fused-ring (bicyclic) bond motifs is 1. The van der Waals surface area contributed by atoms with Crippen molar-refractivity contribution >= 4 is 17.7 Å². The van der Waals surface area contributed by atoms with Crippen LogP contribution in [0.1, 0.15) is 73.7 Å². The Hall–Kier alpha value is -2.45. The third-order valence-electron chi connectivity index (χ3n) is 8.03. The normalized spacial score (nSPS) is 31.5. The van der Waals surface area contributed by atoms with Crippen molar-refractivity contribution in [2.75, 3.05) is 13.7 Å². The summed E-state index contributed by atoms with van der Waals surface area (Å²) in [6, 6.07) is 5.37. The molecule has 2 saturated carbocycles. The van der Waals surface area contributed by atoms with Gasteiger partial charge in [-0.15, -0.1) is 0 Å². The lowest BCUT2D eigenvalue weighted by Crippen LogP contribution is -2.52. The van der Waals surface area contributed by atoms with Crippen molar-refractivity contribution in [3.8, 4) is 5.75 Å². The molecule has 3 atom stereocenters. The lowest BCUT2D eigenvalue weighted by molar-refractivity contribution is -0.136. The van der Waals surface area contributed by atoms with E-state index in [1.807, 2.05) is 25.3 Å². The minimum atomic E-state index is -0.593. The molecule has 5 rings (SSSR count). The van der Waals surface area contributed by atoms with E-state index in [9.17, 15) is 14.4 Å². The second-order valence-electron chi connectivity index (χ2n) is 10.2. The first-order chi connectivity index (χ1) is 16.5. The van der Waals surface area contributed by atoms with Crippen LogP contribution in [0.4, 0.5) is 0 Å². The number of rotatable bonds is 7. The second kappa shape index (κ2) is 10.0. The summed E-state index contributed by atoms with van der Waals surface area (Å²) >= 11 is 0. The summed E-state index contributed by atoms with van der Waals surface area (Å²) in [4.78, 5) is 38.2. The standard InChI is InChI=1S/C26H35N3O5/c1-33-18-7-5-16(6-8-18)14-27-21-3-2-4-23(21)34-19-9-10-20-17(13-19)15-29(26(20)32)22-11-12-24(30)28-25(22)31/h9-10,13,16,18,21-23,27H,2-8,11-12,14-15H2,1H3,(H,28,30,31)/t16-,18+,21-,22?,23-/m1/s1. The zero-order chi connectivity index (χ0) is 23.7. The first kappa shape index (κ1) is 23.3. The number of hydrogen-bond donors (Lipinski definition) is 2. The van der Waals surface area contributed by atoms with E-state index < -0.39 is 6.04 Å². The fourth-order valence-electron chi connectivity index (χ4n) is 5.99. The summed E-state index contributed by atoms with van der Waals surface area (Å²) in [6.07, 6.45) is 9.19. The lowest BCUT2D eigenvalue weighted by atomic mass is 9.87. The highest BCUT2D eigenvalue weighted by atomic mass is 16.5. The highest BCUT2D eigenvalue weighted by molar-refractivity contribution is 6.05. The minimum absolute atomic E-state index is 0.122. The molecular formula is C26H35N3O5. The number of imide groups is 1. The Balaban J connectivity index is 1.17. The van der Waals surface area contributed by atoms with Gasteiger partial charge in [0.1, 0.15) is 17.9 Å². The van der Waals surface area contributed by atoms with Crippen LogP contribution in [0.2, 0.25) is 0 Å². The average molecular weight is 470 g/mol. The molecule has 3 fully saturated rings. The largest absolute Gasteiger partial charge is 0.489 e. The topological polar surface area (TPSA) is 97.0 Å². The van der Waals surface area contributed by atoms with Gasteiger partial charge in [-0.25, -0.2) is 0 Å². The molecule has 1 unspecified atom stereocenters. The van der Waals surface area contributed by atoms with Crippen molar-refractivity contribution in [3.05, 3.63) is 29.3 Å². The van der Waals surface area contributed by atoms with Gasteiger partial charge < -0.3 is 19.7 Å². The van der Waals surface area contributed by atoms with Gasteiger partial charge in [-0.2, -0.15) is 0 Å². The number of piperidine rings is 1. The molecule has 34 heavy (non-hydrogen) atoms. The number of benzene rings is 1. The third-order valence-corrected chi connectivity index (χ3v) is 8.03. The van der Waals surface area contributed by atoms with Crippen LogP contribution in [0.15, 0.2) is 18.2 Å². The van der Waals surface area contributed by atoms with Gasteiger partial charge in [0.2, 0.25) is 11.8 Å². The Kier molecular flexibility index (Phi) is 6.88. The highest BCUT2D eigenvalue weighted by Gasteiger charge is 2.39. The molecule has 8 heteroatoms. The van der Waals surface area contributed by atoms with E-state index in [2.05, 4.69) is 10.6 Å². The Morgan fingerprint density at radius 1 is 1.06 bits per heavy atom. The van der Waals surface area contributed by atoms with Gasteiger partial charge in [0.25, 0.3) is 5.91 Å². The number of amides is 3. The van der Waals surface area contributed by atoms with Gasteiger partial charge >= 0.3 is 0 Å². The summed E-state index contributed by atoms with van der Waals surface area (Å²) < 4.78 is 11.9. The predicted molar refractivity (Wildman–Crippen MR) is 125 cm³/mol. The Morgan fingerprint density at radius 2 is 1.88 bits per heavy atom. The van der Waals surface area contributed by atoms with E-state index in [-0.39, 0.29) is 30.2 Å². The number of carbonyl (C=O) groups excluding carboxylic acids is 3. The van der Waals surface area contributed by atoms with Crippen molar-refractivity contribution < 1.29 is 23.9 Å². The third kappa shape index (κ3) is 4.84. The zero-order valence-corrected chi connectivity index (χ0v) is 19.9. The van der Waals surface area contributed by atoms with E-state index in [1.54, 1.807) is 4.90 Å². The molecular weight excluding hydrogens is 434 g/mol. The quantitative estimate of drug-likeness (QED) is 0.596. The first-order valence-electron chi connectivity index (χ1n) is 12.7. The smallest absolute Gasteiger partial charge is 0.255 e. The molecule has 0 radical (unpaired) electrons. The van der Waals surface area contributed by atoms with Crippen LogP contribution in [-0.4, -0.2) is 60.6 Å². The molecule has 2 N–H and O–H groups in total. The van der Waals surface area contributed by atoms with Crippen LogP contribution in [0.5, 0.6) is 5.75 Å². The Morgan fingerprint density at radius 3 is 2.65 bits per heavy atom. The lowest BCUT2D eigenvalue weighted by Gasteiger charge is -2.30. The molecule has 3 amide bonds. The molecule has 2 aliphatic heterocycles. The van der Waals surface area contributed by atoms with E-state index >= 15 is 0 Å². The zero-order valence-electron chi connectivity index (χ0n) is 19.9. The number of nitrogens with zero attached hydrogens (tertiary/aromatic N) is 1. The number of carbonyl (C=O) groups is 3. The molecule has 0 bridgehead atoms. The second-order valence-corrected chi connectivity index (χ2v) is 10.2. The monoisotopic (exact) mass is 469 g/mol. The molecule has 1 saturated heterocycles. The van der Waals surface area contributed by atoms with Crippen molar-refractivity contribution in [3.63, 3.8) is 0 Å². The van der Waals surface area contributed by atoms with Crippen LogP contribution >= 0.6 is 0 Å². The van der Waals surface area contributed by atoms with Crippen molar-refractivity contribution in [1.29, 1.82) is 0 Å². The van der Waals surface area contributed by atoms with Gasteiger partial charge in [-0.05, 0) is 87.6 Å². The van der Waals surface area contributed by atoms with Crippen LogP contribution in [0, 0.1) is 5.92 Å². The maximum atomic E-state index is 12.9. The fourth-order valence-corrected chi connectivity index (χ4v) is 5.99. The van der Waals surface area contributed by atoms with Crippen LogP contribution in [0.3, 0.4) is 0 Å².